The van der Waals surface area contributed by atoms with Crippen LogP contribution in [0.2, 0.25) is 0 Å². The largest absolute Gasteiger partial charge is 0.445 e. The standard InChI is InChI=1S/C16H24N2O2/c1-4-11-17(3)12-13-18(5-2)16(19)20-14-15-9-7-6-8-10-15/h4,6-10H,1,5,11-14H2,2-3H3. The van der Waals surface area contributed by atoms with Crippen LogP contribution in [0.3, 0.4) is 0 Å². The lowest BCUT2D eigenvalue weighted by atomic mass is 10.2. The summed E-state index contributed by atoms with van der Waals surface area (Å²) in [6.07, 6.45) is 1.59. The molecule has 0 heterocycles. The molecule has 1 aromatic carbocycles. The number of hydrogen-bond acceptors (Lipinski definition) is 3. The molecule has 110 valence electrons. The van der Waals surface area contributed by atoms with E-state index in [2.05, 4.69) is 11.5 Å². The van der Waals surface area contributed by atoms with Gasteiger partial charge in [-0.1, -0.05) is 36.4 Å². The molecule has 0 aliphatic rings. The number of hydrogen-bond donors (Lipinski definition) is 0. The molecule has 0 fully saturated rings. The van der Waals surface area contributed by atoms with E-state index in [0.717, 1.165) is 18.7 Å². The third-order valence-corrected chi connectivity index (χ3v) is 3.04. The highest BCUT2D eigenvalue weighted by Crippen LogP contribution is 2.03. The van der Waals surface area contributed by atoms with Crippen LogP contribution < -0.4 is 0 Å². The summed E-state index contributed by atoms with van der Waals surface area (Å²) in [6.45, 7) is 8.90. The first-order chi connectivity index (χ1) is 9.67. The summed E-state index contributed by atoms with van der Waals surface area (Å²) in [6, 6.07) is 9.71. The Hall–Kier alpha value is -1.81. The first-order valence-corrected chi connectivity index (χ1v) is 6.92. The van der Waals surface area contributed by atoms with Crippen LogP contribution in [-0.4, -0.2) is 49.1 Å². The lowest BCUT2D eigenvalue weighted by molar-refractivity contribution is 0.0951. The molecule has 0 aromatic heterocycles. The third-order valence-electron chi connectivity index (χ3n) is 3.04. The fraction of sp³-hybridized carbons (Fsp3) is 0.438. The molecule has 4 heteroatoms. The van der Waals surface area contributed by atoms with Crippen molar-refractivity contribution < 1.29 is 9.53 Å². The number of benzene rings is 1. The molecule has 0 saturated carbocycles. The molecule has 0 aliphatic carbocycles. The van der Waals surface area contributed by atoms with E-state index in [1.807, 2.05) is 50.4 Å². The summed E-state index contributed by atoms with van der Waals surface area (Å²) in [5.41, 5.74) is 1.00. The van der Waals surface area contributed by atoms with Gasteiger partial charge in [0.25, 0.3) is 0 Å². The molecule has 0 radical (unpaired) electrons. The van der Waals surface area contributed by atoms with Crippen molar-refractivity contribution in [3.05, 3.63) is 48.6 Å². The SMILES string of the molecule is C=CCN(C)CCN(CC)C(=O)OCc1ccccc1. The molecule has 0 unspecified atom stereocenters. The highest BCUT2D eigenvalue weighted by molar-refractivity contribution is 5.67. The Balaban J connectivity index is 2.36. The third kappa shape index (κ3) is 5.89. The number of likely N-dealkylation sites (N-methyl/N-ethyl adjacent to an activating group) is 2. The minimum Gasteiger partial charge on any atom is -0.445 e. The normalized spacial score (nSPS) is 10.3. The van der Waals surface area contributed by atoms with Gasteiger partial charge in [-0.05, 0) is 19.5 Å². The van der Waals surface area contributed by atoms with Crippen molar-refractivity contribution in [2.75, 3.05) is 33.2 Å². The van der Waals surface area contributed by atoms with Crippen LogP contribution in [0.4, 0.5) is 4.79 Å². The van der Waals surface area contributed by atoms with Crippen LogP contribution in [0, 0.1) is 0 Å². The fourth-order valence-corrected chi connectivity index (χ4v) is 1.79. The molecular formula is C16H24N2O2. The van der Waals surface area contributed by atoms with E-state index < -0.39 is 0 Å². The molecule has 0 atom stereocenters. The zero-order valence-corrected chi connectivity index (χ0v) is 12.4. The van der Waals surface area contributed by atoms with Crippen LogP contribution in [0.1, 0.15) is 12.5 Å². The van der Waals surface area contributed by atoms with E-state index in [1.54, 1.807) is 4.90 Å². The average molecular weight is 276 g/mol. The van der Waals surface area contributed by atoms with Gasteiger partial charge < -0.3 is 14.5 Å². The summed E-state index contributed by atoms with van der Waals surface area (Å²) in [5.74, 6) is 0. The Morgan fingerprint density at radius 2 is 2.00 bits per heavy atom. The zero-order chi connectivity index (χ0) is 14.8. The summed E-state index contributed by atoms with van der Waals surface area (Å²) in [7, 11) is 2.00. The second-order valence-corrected chi connectivity index (χ2v) is 4.67. The Morgan fingerprint density at radius 1 is 1.30 bits per heavy atom. The van der Waals surface area contributed by atoms with Gasteiger partial charge >= 0.3 is 6.09 Å². The fourth-order valence-electron chi connectivity index (χ4n) is 1.79. The minimum absolute atomic E-state index is 0.261. The van der Waals surface area contributed by atoms with Crippen molar-refractivity contribution in [2.24, 2.45) is 0 Å². The first kappa shape index (κ1) is 16.2. The van der Waals surface area contributed by atoms with Gasteiger partial charge in [0.05, 0.1) is 0 Å². The molecule has 4 nitrogen and oxygen atoms in total. The number of carbonyl (C=O) groups is 1. The Labute approximate surface area is 121 Å². The summed E-state index contributed by atoms with van der Waals surface area (Å²) >= 11 is 0. The second-order valence-electron chi connectivity index (χ2n) is 4.67. The van der Waals surface area contributed by atoms with Gasteiger partial charge in [0.2, 0.25) is 0 Å². The van der Waals surface area contributed by atoms with Crippen LogP contribution >= 0.6 is 0 Å². The maximum absolute atomic E-state index is 12.0. The minimum atomic E-state index is -0.261. The summed E-state index contributed by atoms with van der Waals surface area (Å²) < 4.78 is 5.32. The van der Waals surface area contributed by atoms with Gasteiger partial charge in [-0.3, -0.25) is 0 Å². The smallest absolute Gasteiger partial charge is 0.410 e. The van der Waals surface area contributed by atoms with Crippen LogP contribution in [-0.2, 0) is 11.3 Å². The van der Waals surface area contributed by atoms with Gasteiger partial charge in [0.15, 0.2) is 0 Å². The topological polar surface area (TPSA) is 32.8 Å². The van der Waals surface area contributed by atoms with Crippen molar-refractivity contribution in [1.29, 1.82) is 0 Å². The van der Waals surface area contributed by atoms with Gasteiger partial charge in [-0.2, -0.15) is 0 Å². The number of amides is 1. The van der Waals surface area contributed by atoms with Crippen molar-refractivity contribution in [1.82, 2.24) is 9.80 Å². The molecule has 20 heavy (non-hydrogen) atoms. The molecule has 0 saturated heterocycles. The average Bonchev–Trinajstić information content (AvgIpc) is 2.47. The molecule has 0 spiro atoms. The first-order valence-electron chi connectivity index (χ1n) is 6.92. The lowest BCUT2D eigenvalue weighted by Gasteiger charge is -2.23. The maximum Gasteiger partial charge on any atom is 0.410 e. The maximum atomic E-state index is 12.0. The molecular weight excluding hydrogens is 252 g/mol. The number of nitrogens with zero attached hydrogens (tertiary/aromatic N) is 2. The van der Waals surface area contributed by atoms with Crippen LogP contribution in [0.15, 0.2) is 43.0 Å². The molecule has 1 aromatic rings. The Morgan fingerprint density at radius 3 is 2.60 bits per heavy atom. The highest BCUT2D eigenvalue weighted by atomic mass is 16.6. The van der Waals surface area contributed by atoms with Gasteiger partial charge in [-0.25, -0.2) is 4.79 Å². The molecule has 0 N–H and O–H groups in total. The highest BCUT2D eigenvalue weighted by Gasteiger charge is 2.13. The van der Waals surface area contributed by atoms with Gasteiger partial charge in [-0.15, -0.1) is 6.58 Å². The molecule has 1 amide bonds. The number of ether oxygens (including phenoxy) is 1. The predicted octanol–water partition coefficient (Wildman–Crippen LogP) is 2.76. The van der Waals surface area contributed by atoms with E-state index in [1.165, 1.54) is 0 Å². The molecule has 0 aliphatic heterocycles. The molecule has 1 rings (SSSR count). The van der Waals surface area contributed by atoms with Gasteiger partial charge in [0.1, 0.15) is 6.61 Å². The number of carbonyl (C=O) groups excluding carboxylic acids is 1. The Kier molecular flexibility index (Phi) is 7.43. The van der Waals surface area contributed by atoms with E-state index in [4.69, 9.17) is 4.74 Å². The van der Waals surface area contributed by atoms with E-state index >= 15 is 0 Å². The number of rotatable bonds is 8. The van der Waals surface area contributed by atoms with Gasteiger partial charge in [0, 0.05) is 26.2 Å². The van der Waals surface area contributed by atoms with Crippen LogP contribution in [0.5, 0.6) is 0 Å². The summed E-state index contributed by atoms with van der Waals surface area (Å²) in [4.78, 5) is 15.8. The van der Waals surface area contributed by atoms with E-state index in [9.17, 15) is 4.79 Å². The molecule has 0 bridgehead atoms. The lowest BCUT2D eigenvalue weighted by Crippen LogP contribution is -2.37. The van der Waals surface area contributed by atoms with E-state index in [-0.39, 0.29) is 6.09 Å². The van der Waals surface area contributed by atoms with Crippen molar-refractivity contribution in [2.45, 2.75) is 13.5 Å². The quantitative estimate of drug-likeness (QED) is 0.684. The van der Waals surface area contributed by atoms with Crippen molar-refractivity contribution in [3.8, 4) is 0 Å². The van der Waals surface area contributed by atoms with Crippen molar-refractivity contribution in [3.63, 3.8) is 0 Å². The Bertz CT molecular complexity index is 406. The van der Waals surface area contributed by atoms with E-state index in [0.29, 0.717) is 19.7 Å². The second kappa shape index (κ2) is 9.15. The van der Waals surface area contributed by atoms with Crippen molar-refractivity contribution >= 4 is 6.09 Å². The predicted molar refractivity (Wildman–Crippen MR) is 81.6 cm³/mol. The monoisotopic (exact) mass is 276 g/mol. The zero-order valence-electron chi connectivity index (χ0n) is 12.4. The summed E-state index contributed by atoms with van der Waals surface area (Å²) in [5, 5.41) is 0. The van der Waals surface area contributed by atoms with Crippen LogP contribution in [0.25, 0.3) is 0 Å².